The third-order valence-electron chi connectivity index (χ3n) is 3.50. The molecule has 2 nitrogen and oxygen atoms in total. The fourth-order valence-electron chi connectivity index (χ4n) is 2.14. The molecule has 0 aliphatic carbocycles. The van der Waals surface area contributed by atoms with Crippen molar-refractivity contribution in [2.45, 2.75) is 20.3 Å². The van der Waals surface area contributed by atoms with Crippen molar-refractivity contribution in [2.75, 3.05) is 13.6 Å². The second-order valence-corrected chi connectivity index (χ2v) is 5.74. The molecule has 116 valence electrons. The van der Waals surface area contributed by atoms with Crippen molar-refractivity contribution < 1.29 is 4.39 Å². The number of benzene rings is 2. The van der Waals surface area contributed by atoms with Crippen LogP contribution in [0.5, 0.6) is 0 Å². The van der Waals surface area contributed by atoms with Gasteiger partial charge in [0.15, 0.2) is 0 Å². The van der Waals surface area contributed by atoms with Gasteiger partial charge >= 0.3 is 0 Å². The Balaban J connectivity index is 2.30. The smallest absolute Gasteiger partial charge is 0.123 e. The summed E-state index contributed by atoms with van der Waals surface area (Å²) in [6.45, 7) is 4.92. The van der Waals surface area contributed by atoms with Gasteiger partial charge < -0.3 is 4.90 Å². The SMILES string of the molecule is CCN(C)C=Nc1cc(C)c(Cl)c(Cc2cccc(F)c2)c1. The highest BCUT2D eigenvalue weighted by Crippen LogP contribution is 2.28. The third kappa shape index (κ3) is 4.31. The first-order valence-corrected chi connectivity index (χ1v) is 7.65. The van der Waals surface area contributed by atoms with E-state index < -0.39 is 0 Å². The normalized spacial score (nSPS) is 11.1. The van der Waals surface area contributed by atoms with Gasteiger partial charge in [-0.1, -0.05) is 23.7 Å². The molecule has 0 saturated heterocycles. The van der Waals surface area contributed by atoms with Crippen molar-refractivity contribution in [1.29, 1.82) is 0 Å². The van der Waals surface area contributed by atoms with E-state index >= 15 is 0 Å². The van der Waals surface area contributed by atoms with Crippen molar-refractivity contribution in [2.24, 2.45) is 4.99 Å². The topological polar surface area (TPSA) is 15.6 Å². The standard InChI is InChI=1S/C18H20ClFN2/c1-4-22(3)12-21-17-8-13(2)18(19)15(11-17)9-14-6-5-7-16(20)10-14/h5-8,10-12H,4,9H2,1-3H3. The molecular formula is C18H20ClFN2. The minimum atomic E-state index is -0.232. The van der Waals surface area contributed by atoms with E-state index in [0.717, 1.165) is 28.9 Å². The zero-order chi connectivity index (χ0) is 16.1. The first kappa shape index (κ1) is 16.5. The Morgan fingerprint density at radius 1 is 1.27 bits per heavy atom. The number of hydrogen-bond acceptors (Lipinski definition) is 1. The Bertz CT molecular complexity index is 683. The maximum atomic E-state index is 13.3. The average Bonchev–Trinajstić information content (AvgIpc) is 2.49. The van der Waals surface area contributed by atoms with Gasteiger partial charge in [-0.15, -0.1) is 0 Å². The summed E-state index contributed by atoms with van der Waals surface area (Å²) in [4.78, 5) is 6.46. The predicted octanol–water partition coefficient (Wildman–Crippen LogP) is 4.99. The van der Waals surface area contributed by atoms with Gasteiger partial charge in [0.2, 0.25) is 0 Å². The van der Waals surface area contributed by atoms with Crippen LogP contribution in [0, 0.1) is 12.7 Å². The number of nitrogens with zero attached hydrogens (tertiary/aromatic N) is 2. The largest absolute Gasteiger partial charge is 0.366 e. The molecule has 0 saturated carbocycles. The summed E-state index contributed by atoms with van der Waals surface area (Å²) in [6, 6.07) is 10.5. The molecule has 0 bridgehead atoms. The van der Waals surface area contributed by atoms with E-state index in [1.165, 1.54) is 12.1 Å². The van der Waals surface area contributed by atoms with Crippen LogP contribution < -0.4 is 0 Å². The highest BCUT2D eigenvalue weighted by atomic mass is 35.5. The molecule has 0 atom stereocenters. The van der Waals surface area contributed by atoms with Crippen molar-refractivity contribution >= 4 is 23.6 Å². The monoisotopic (exact) mass is 318 g/mol. The number of rotatable bonds is 5. The Kier molecular flexibility index (Phi) is 5.56. The molecule has 2 aromatic carbocycles. The molecule has 0 spiro atoms. The fourth-order valence-corrected chi connectivity index (χ4v) is 2.31. The van der Waals surface area contributed by atoms with E-state index in [9.17, 15) is 4.39 Å². The van der Waals surface area contributed by atoms with Crippen LogP contribution in [0.3, 0.4) is 0 Å². The highest BCUT2D eigenvalue weighted by Gasteiger charge is 2.08. The number of hydrogen-bond donors (Lipinski definition) is 0. The summed E-state index contributed by atoms with van der Waals surface area (Å²) in [5.74, 6) is -0.232. The molecule has 2 rings (SSSR count). The highest BCUT2D eigenvalue weighted by molar-refractivity contribution is 6.32. The molecule has 0 aromatic heterocycles. The molecule has 0 fully saturated rings. The second-order valence-electron chi connectivity index (χ2n) is 5.36. The first-order chi connectivity index (χ1) is 10.5. The van der Waals surface area contributed by atoms with Gasteiger partial charge in [-0.2, -0.15) is 0 Å². The Morgan fingerprint density at radius 3 is 2.73 bits per heavy atom. The Hall–Kier alpha value is -1.87. The van der Waals surface area contributed by atoms with E-state index in [0.29, 0.717) is 11.4 Å². The molecule has 4 heteroatoms. The number of aryl methyl sites for hydroxylation is 1. The zero-order valence-electron chi connectivity index (χ0n) is 13.1. The van der Waals surface area contributed by atoms with E-state index in [1.54, 1.807) is 12.4 Å². The Labute approximate surface area is 136 Å². The second kappa shape index (κ2) is 7.41. The summed E-state index contributed by atoms with van der Waals surface area (Å²) < 4.78 is 13.3. The molecule has 2 aromatic rings. The maximum absolute atomic E-state index is 13.3. The molecular weight excluding hydrogens is 299 g/mol. The van der Waals surface area contributed by atoms with Crippen LogP contribution in [0.1, 0.15) is 23.6 Å². The minimum absolute atomic E-state index is 0.232. The van der Waals surface area contributed by atoms with Crippen LogP contribution in [0.2, 0.25) is 5.02 Å². The van der Waals surface area contributed by atoms with Gasteiger partial charge in [0.1, 0.15) is 5.82 Å². The summed E-state index contributed by atoms with van der Waals surface area (Å²) in [5.41, 5.74) is 3.68. The van der Waals surface area contributed by atoms with Crippen LogP contribution >= 0.6 is 11.6 Å². The molecule has 0 unspecified atom stereocenters. The van der Waals surface area contributed by atoms with Gasteiger partial charge in [0.05, 0.1) is 12.0 Å². The van der Waals surface area contributed by atoms with Gasteiger partial charge in [0.25, 0.3) is 0 Å². The molecule has 0 radical (unpaired) electrons. The van der Waals surface area contributed by atoms with Crippen LogP contribution in [0.4, 0.5) is 10.1 Å². The van der Waals surface area contributed by atoms with Crippen molar-refractivity contribution in [3.63, 3.8) is 0 Å². The lowest BCUT2D eigenvalue weighted by atomic mass is 10.0. The maximum Gasteiger partial charge on any atom is 0.123 e. The minimum Gasteiger partial charge on any atom is -0.366 e. The molecule has 0 aliphatic rings. The average molecular weight is 319 g/mol. The first-order valence-electron chi connectivity index (χ1n) is 7.27. The summed E-state index contributed by atoms with van der Waals surface area (Å²) in [7, 11) is 1.97. The fraction of sp³-hybridized carbons (Fsp3) is 0.278. The summed E-state index contributed by atoms with van der Waals surface area (Å²) in [6.07, 6.45) is 2.39. The quantitative estimate of drug-likeness (QED) is 0.560. The van der Waals surface area contributed by atoms with E-state index in [-0.39, 0.29) is 5.82 Å². The lowest BCUT2D eigenvalue weighted by molar-refractivity contribution is 0.552. The summed E-state index contributed by atoms with van der Waals surface area (Å²) in [5, 5.41) is 0.715. The van der Waals surface area contributed by atoms with Gasteiger partial charge in [-0.05, 0) is 61.2 Å². The molecule has 0 N–H and O–H groups in total. The van der Waals surface area contributed by atoms with Crippen molar-refractivity contribution in [3.8, 4) is 0 Å². The van der Waals surface area contributed by atoms with E-state index in [2.05, 4.69) is 11.9 Å². The number of halogens is 2. The lowest BCUT2D eigenvalue weighted by Crippen LogP contribution is -2.14. The molecule has 0 amide bonds. The van der Waals surface area contributed by atoms with Crippen molar-refractivity contribution in [3.05, 3.63) is 63.9 Å². The van der Waals surface area contributed by atoms with Gasteiger partial charge in [0, 0.05) is 18.6 Å². The Morgan fingerprint density at radius 2 is 2.05 bits per heavy atom. The lowest BCUT2D eigenvalue weighted by Gasteiger charge is -2.11. The van der Waals surface area contributed by atoms with Crippen LogP contribution in [0.15, 0.2) is 41.4 Å². The molecule has 0 heterocycles. The third-order valence-corrected chi connectivity index (χ3v) is 4.04. The predicted molar refractivity (Wildman–Crippen MR) is 91.9 cm³/mol. The van der Waals surface area contributed by atoms with Gasteiger partial charge in [-0.3, -0.25) is 0 Å². The van der Waals surface area contributed by atoms with E-state index in [1.807, 2.05) is 37.1 Å². The van der Waals surface area contributed by atoms with Crippen molar-refractivity contribution in [1.82, 2.24) is 4.90 Å². The zero-order valence-corrected chi connectivity index (χ0v) is 13.9. The summed E-state index contributed by atoms with van der Waals surface area (Å²) >= 11 is 6.39. The van der Waals surface area contributed by atoms with Gasteiger partial charge in [-0.25, -0.2) is 9.38 Å². The molecule has 0 aliphatic heterocycles. The molecule has 22 heavy (non-hydrogen) atoms. The van der Waals surface area contributed by atoms with Crippen LogP contribution in [0.25, 0.3) is 0 Å². The van der Waals surface area contributed by atoms with Crippen LogP contribution in [-0.2, 0) is 6.42 Å². The number of aliphatic imine (C=N–C) groups is 1. The van der Waals surface area contributed by atoms with E-state index in [4.69, 9.17) is 11.6 Å². The van der Waals surface area contributed by atoms with Crippen LogP contribution in [-0.4, -0.2) is 24.8 Å².